The number of halogens is 2. The molecule has 3 N–H and O–H groups in total. The summed E-state index contributed by atoms with van der Waals surface area (Å²) in [6, 6.07) is 16.3. The molecule has 2 aromatic carbocycles. The van der Waals surface area contributed by atoms with E-state index in [0.29, 0.717) is 10.8 Å². The lowest BCUT2D eigenvalue weighted by molar-refractivity contribution is 1.10. The number of nitrogens with one attached hydrogen (secondary N) is 1. The zero-order chi connectivity index (χ0) is 15.5. The minimum absolute atomic E-state index is 0.509. The SMILES string of the molecule is Nc1n[nH]c(-c2cc(Cl)ccc2SCc2ccccc2)c1I. The van der Waals surface area contributed by atoms with Crippen molar-refractivity contribution < 1.29 is 0 Å². The molecule has 0 aliphatic heterocycles. The number of benzene rings is 2. The molecule has 0 bridgehead atoms. The number of nitrogens with zero attached hydrogens (tertiary/aromatic N) is 1. The Kier molecular flexibility index (Phi) is 4.95. The van der Waals surface area contributed by atoms with Crippen LogP contribution in [0.4, 0.5) is 5.82 Å². The molecule has 1 aromatic heterocycles. The van der Waals surface area contributed by atoms with Gasteiger partial charge in [-0.1, -0.05) is 41.9 Å². The van der Waals surface area contributed by atoms with Crippen molar-refractivity contribution in [1.29, 1.82) is 0 Å². The van der Waals surface area contributed by atoms with Gasteiger partial charge in [0.2, 0.25) is 0 Å². The largest absolute Gasteiger partial charge is 0.381 e. The number of anilines is 1. The highest BCUT2D eigenvalue weighted by Gasteiger charge is 2.14. The molecule has 1 heterocycles. The number of nitrogens with two attached hydrogens (primary N) is 1. The molecule has 0 aliphatic carbocycles. The average molecular weight is 442 g/mol. The van der Waals surface area contributed by atoms with Gasteiger partial charge in [-0.05, 0) is 46.4 Å². The lowest BCUT2D eigenvalue weighted by Crippen LogP contribution is -1.88. The van der Waals surface area contributed by atoms with Crippen molar-refractivity contribution >= 4 is 51.8 Å². The number of thioether (sulfide) groups is 1. The number of hydrogen-bond acceptors (Lipinski definition) is 3. The predicted octanol–water partition coefficient (Wildman–Crippen LogP) is 5.21. The van der Waals surface area contributed by atoms with Gasteiger partial charge in [-0.15, -0.1) is 11.8 Å². The van der Waals surface area contributed by atoms with Gasteiger partial charge in [0.25, 0.3) is 0 Å². The fourth-order valence-corrected chi connectivity index (χ4v) is 3.78. The van der Waals surface area contributed by atoms with Gasteiger partial charge in [0, 0.05) is 21.2 Å². The van der Waals surface area contributed by atoms with Gasteiger partial charge in [-0.2, -0.15) is 5.10 Å². The summed E-state index contributed by atoms with van der Waals surface area (Å²) in [5.41, 5.74) is 9.07. The van der Waals surface area contributed by atoms with E-state index < -0.39 is 0 Å². The van der Waals surface area contributed by atoms with Crippen LogP contribution in [0.1, 0.15) is 5.56 Å². The fraction of sp³-hybridized carbons (Fsp3) is 0.0625. The Bertz CT molecular complexity index is 789. The van der Waals surface area contributed by atoms with Crippen molar-refractivity contribution in [1.82, 2.24) is 10.2 Å². The second-order valence-electron chi connectivity index (χ2n) is 4.71. The molecular formula is C16H13ClIN3S. The first-order valence-electron chi connectivity index (χ1n) is 6.61. The number of nitrogen functional groups attached to an aromatic ring is 1. The molecule has 0 radical (unpaired) electrons. The maximum Gasteiger partial charge on any atom is 0.159 e. The highest BCUT2D eigenvalue weighted by Crippen LogP contribution is 2.37. The van der Waals surface area contributed by atoms with E-state index >= 15 is 0 Å². The summed E-state index contributed by atoms with van der Waals surface area (Å²) < 4.78 is 0.918. The molecule has 0 amide bonds. The molecule has 0 saturated carbocycles. The molecule has 3 aromatic rings. The minimum Gasteiger partial charge on any atom is -0.381 e. The first-order chi connectivity index (χ1) is 10.6. The van der Waals surface area contributed by atoms with Crippen LogP contribution in [0.15, 0.2) is 53.4 Å². The summed E-state index contributed by atoms with van der Waals surface area (Å²) in [5.74, 6) is 1.41. The van der Waals surface area contributed by atoms with Crippen molar-refractivity contribution in [2.45, 2.75) is 10.6 Å². The average Bonchev–Trinajstić information content (AvgIpc) is 2.87. The Balaban J connectivity index is 1.93. The third kappa shape index (κ3) is 3.42. The maximum absolute atomic E-state index is 6.17. The highest BCUT2D eigenvalue weighted by molar-refractivity contribution is 14.1. The molecule has 6 heteroatoms. The number of rotatable bonds is 4. The maximum atomic E-state index is 6.17. The summed E-state index contributed by atoms with van der Waals surface area (Å²) in [7, 11) is 0. The summed E-state index contributed by atoms with van der Waals surface area (Å²) in [5, 5.41) is 7.77. The summed E-state index contributed by atoms with van der Waals surface area (Å²) in [6.07, 6.45) is 0. The number of aromatic nitrogens is 2. The lowest BCUT2D eigenvalue weighted by Gasteiger charge is -2.09. The quantitative estimate of drug-likeness (QED) is 0.432. The second-order valence-corrected chi connectivity index (χ2v) is 7.24. The highest BCUT2D eigenvalue weighted by atomic mass is 127. The molecule has 22 heavy (non-hydrogen) atoms. The van der Waals surface area contributed by atoms with E-state index in [1.807, 2.05) is 24.3 Å². The predicted molar refractivity (Wildman–Crippen MR) is 102 cm³/mol. The van der Waals surface area contributed by atoms with Crippen LogP contribution in [0, 0.1) is 3.57 Å². The standard InChI is InChI=1S/C16H13ClIN3S/c17-11-6-7-13(22-9-10-4-2-1-3-5-10)12(8-11)15-14(18)16(19)21-20-15/h1-8H,9H2,(H3,19,20,21). The molecule has 0 fully saturated rings. The van der Waals surface area contributed by atoms with E-state index in [1.54, 1.807) is 11.8 Å². The van der Waals surface area contributed by atoms with E-state index in [0.717, 1.165) is 25.5 Å². The third-order valence-electron chi connectivity index (χ3n) is 3.18. The molecular weight excluding hydrogens is 429 g/mol. The van der Waals surface area contributed by atoms with Crippen LogP contribution in [0.3, 0.4) is 0 Å². The molecule has 3 rings (SSSR count). The van der Waals surface area contributed by atoms with Gasteiger partial charge >= 0.3 is 0 Å². The van der Waals surface area contributed by atoms with Crippen molar-refractivity contribution in [3.63, 3.8) is 0 Å². The minimum atomic E-state index is 0.509. The summed E-state index contributed by atoms with van der Waals surface area (Å²) >= 11 is 10.1. The fourth-order valence-electron chi connectivity index (χ4n) is 2.08. The number of hydrogen-bond donors (Lipinski definition) is 2. The first kappa shape index (κ1) is 15.7. The van der Waals surface area contributed by atoms with E-state index in [2.05, 4.69) is 57.1 Å². The Morgan fingerprint density at radius 3 is 2.64 bits per heavy atom. The van der Waals surface area contributed by atoms with Crippen LogP contribution >= 0.6 is 46.0 Å². The van der Waals surface area contributed by atoms with Crippen LogP contribution in [-0.2, 0) is 5.75 Å². The zero-order valence-electron chi connectivity index (χ0n) is 11.5. The summed E-state index contributed by atoms with van der Waals surface area (Å²) in [6.45, 7) is 0. The van der Waals surface area contributed by atoms with Gasteiger partial charge in [0.15, 0.2) is 5.82 Å². The van der Waals surface area contributed by atoms with Crippen molar-refractivity contribution in [3.8, 4) is 11.3 Å². The van der Waals surface area contributed by atoms with Crippen LogP contribution in [0.5, 0.6) is 0 Å². The summed E-state index contributed by atoms with van der Waals surface area (Å²) in [4.78, 5) is 1.15. The lowest BCUT2D eigenvalue weighted by atomic mass is 10.1. The molecule has 0 spiro atoms. The van der Waals surface area contributed by atoms with Crippen LogP contribution in [-0.4, -0.2) is 10.2 Å². The smallest absolute Gasteiger partial charge is 0.159 e. The van der Waals surface area contributed by atoms with Crippen molar-refractivity contribution in [2.24, 2.45) is 0 Å². The molecule has 3 nitrogen and oxygen atoms in total. The topological polar surface area (TPSA) is 54.7 Å². The van der Waals surface area contributed by atoms with Gasteiger partial charge in [0.1, 0.15) is 0 Å². The van der Waals surface area contributed by atoms with E-state index in [1.165, 1.54) is 5.56 Å². The molecule has 0 unspecified atom stereocenters. The molecule has 0 atom stereocenters. The molecule has 112 valence electrons. The Morgan fingerprint density at radius 1 is 1.18 bits per heavy atom. The Labute approximate surface area is 151 Å². The van der Waals surface area contributed by atoms with Gasteiger partial charge in [-0.25, -0.2) is 0 Å². The van der Waals surface area contributed by atoms with E-state index in [4.69, 9.17) is 17.3 Å². The first-order valence-corrected chi connectivity index (χ1v) is 9.05. The van der Waals surface area contributed by atoms with Gasteiger partial charge in [-0.3, -0.25) is 5.10 Å². The number of aromatic amines is 1. The van der Waals surface area contributed by atoms with Gasteiger partial charge < -0.3 is 5.73 Å². The second kappa shape index (κ2) is 6.93. The monoisotopic (exact) mass is 441 g/mol. The molecule has 0 saturated heterocycles. The zero-order valence-corrected chi connectivity index (χ0v) is 15.2. The Hall–Kier alpha value is -1.18. The number of H-pyrrole nitrogens is 1. The van der Waals surface area contributed by atoms with E-state index in [-0.39, 0.29) is 0 Å². The van der Waals surface area contributed by atoms with Crippen molar-refractivity contribution in [3.05, 3.63) is 62.7 Å². The van der Waals surface area contributed by atoms with Crippen LogP contribution in [0.2, 0.25) is 5.02 Å². The van der Waals surface area contributed by atoms with Crippen LogP contribution < -0.4 is 5.73 Å². The normalized spacial score (nSPS) is 10.8. The van der Waals surface area contributed by atoms with Crippen molar-refractivity contribution in [2.75, 3.05) is 5.73 Å². The molecule has 0 aliphatic rings. The van der Waals surface area contributed by atoms with E-state index in [9.17, 15) is 0 Å². The Morgan fingerprint density at radius 2 is 1.95 bits per heavy atom. The van der Waals surface area contributed by atoms with Gasteiger partial charge in [0.05, 0.1) is 9.26 Å². The third-order valence-corrected chi connectivity index (χ3v) is 5.65. The van der Waals surface area contributed by atoms with Crippen LogP contribution in [0.25, 0.3) is 11.3 Å².